The number of anilines is 1. The first-order valence-corrected chi connectivity index (χ1v) is 6.79. The van der Waals surface area contributed by atoms with Gasteiger partial charge in [0, 0.05) is 16.7 Å². The number of alkyl halides is 3. The minimum absolute atomic E-state index is 0.0150. The van der Waals surface area contributed by atoms with Gasteiger partial charge in [0.1, 0.15) is 0 Å². The summed E-state index contributed by atoms with van der Waals surface area (Å²) in [7, 11) is 0. The SMILES string of the molecule is N#Cc1ccc(CNc2cc(Br)ccc2C(F)(F)F)cc1. The lowest BCUT2D eigenvalue weighted by atomic mass is 10.1. The minimum Gasteiger partial charge on any atom is -0.380 e. The standard InChI is InChI=1S/C15H10BrF3N2/c16-12-5-6-13(15(17,18)19)14(7-12)21-9-11-3-1-10(8-20)2-4-11/h1-7,21H,9H2. The molecule has 2 nitrogen and oxygen atoms in total. The molecule has 108 valence electrons. The van der Waals surface area contributed by atoms with Crippen LogP contribution in [0.5, 0.6) is 0 Å². The van der Waals surface area contributed by atoms with Gasteiger partial charge >= 0.3 is 6.18 Å². The fraction of sp³-hybridized carbons (Fsp3) is 0.133. The molecule has 0 aliphatic heterocycles. The summed E-state index contributed by atoms with van der Waals surface area (Å²) in [4.78, 5) is 0. The van der Waals surface area contributed by atoms with E-state index in [2.05, 4.69) is 21.2 Å². The fourth-order valence-electron chi connectivity index (χ4n) is 1.80. The molecule has 1 N–H and O–H groups in total. The second-order valence-electron chi connectivity index (χ2n) is 4.35. The molecule has 6 heteroatoms. The third kappa shape index (κ3) is 3.99. The highest BCUT2D eigenvalue weighted by Crippen LogP contribution is 2.36. The van der Waals surface area contributed by atoms with E-state index in [4.69, 9.17) is 5.26 Å². The number of hydrogen-bond donors (Lipinski definition) is 1. The average molecular weight is 355 g/mol. The van der Waals surface area contributed by atoms with Gasteiger partial charge in [0.25, 0.3) is 0 Å². The molecule has 0 unspecified atom stereocenters. The van der Waals surface area contributed by atoms with E-state index < -0.39 is 11.7 Å². The molecule has 0 radical (unpaired) electrons. The molecule has 2 aromatic carbocycles. The summed E-state index contributed by atoms with van der Waals surface area (Å²) in [5.74, 6) is 0. The molecule has 0 heterocycles. The summed E-state index contributed by atoms with van der Waals surface area (Å²) >= 11 is 3.16. The summed E-state index contributed by atoms with van der Waals surface area (Å²) in [6.07, 6.45) is -4.41. The molecule has 0 aromatic heterocycles. The van der Waals surface area contributed by atoms with E-state index >= 15 is 0 Å². The largest absolute Gasteiger partial charge is 0.418 e. The predicted octanol–water partition coefficient (Wildman–Crippen LogP) is 4.95. The Morgan fingerprint density at radius 1 is 1.10 bits per heavy atom. The Kier molecular flexibility index (Phi) is 4.53. The molecule has 0 saturated heterocycles. The van der Waals surface area contributed by atoms with Crippen molar-refractivity contribution in [2.24, 2.45) is 0 Å². The monoisotopic (exact) mass is 354 g/mol. The zero-order valence-electron chi connectivity index (χ0n) is 10.7. The van der Waals surface area contributed by atoms with Gasteiger partial charge in [-0.2, -0.15) is 18.4 Å². The zero-order valence-corrected chi connectivity index (χ0v) is 12.3. The number of nitrogens with one attached hydrogen (secondary N) is 1. The van der Waals surface area contributed by atoms with Crippen LogP contribution in [0.25, 0.3) is 0 Å². The quantitative estimate of drug-likeness (QED) is 0.846. The van der Waals surface area contributed by atoms with Crippen LogP contribution in [0.4, 0.5) is 18.9 Å². The van der Waals surface area contributed by atoms with Crippen molar-refractivity contribution in [1.82, 2.24) is 0 Å². The number of hydrogen-bond acceptors (Lipinski definition) is 2. The normalized spacial score (nSPS) is 11.0. The third-order valence-corrected chi connectivity index (χ3v) is 3.35. The lowest BCUT2D eigenvalue weighted by Gasteiger charge is -2.15. The highest BCUT2D eigenvalue weighted by Gasteiger charge is 2.33. The van der Waals surface area contributed by atoms with Crippen molar-refractivity contribution in [3.8, 4) is 6.07 Å². The Labute approximate surface area is 128 Å². The molecule has 0 saturated carbocycles. The molecule has 0 spiro atoms. The first-order valence-electron chi connectivity index (χ1n) is 6.00. The number of benzene rings is 2. The number of halogens is 4. The van der Waals surface area contributed by atoms with Crippen LogP contribution >= 0.6 is 15.9 Å². The number of nitriles is 1. The summed E-state index contributed by atoms with van der Waals surface area (Å²) in [6, 6.07) is 12.4. The van der Waals surface area contributed by atoms with E-state index in [-0.39, 0.29) is 12.2 Å². The van der Waals surface area contributed by atoms with Crippen molar-refractivity contribution < 1.29 is 13.2 Å². The highest BCUT2D eigenvalue weighted by atomic mass is 79.9. The molecule has 0 bridgehead atoms. The van der Waals surface area contributed by atoms with E-state index in [1.54, 1.807) is 24.3 Å². The van der Waals surface area contributed by atoms with Crippen LogP contribution in [0.3, 0.4) is 0 Å². The number of nitrogens with zero attached hydrogens (tertiary/aromatic N) is 1. The third-order valence-electron chi connectivity index (χ3n) is 2.85. The van der Waals surface area contributed by atoms with Gasteiger partial charge in [0.2, 0.25) is 0 Å². The smallest absolute Gasteiger partial charge is 0.380 e. The van der Waals surface area contributed by atoms with E-state index in [0.29, 0.717) is 10.0 Å². The maximum atomic E-state index is 12.9. The first kappa shape index (κ1) is 15.4. The van der Waals surface area contributed by atoms with Gasteiger partial charge in [0.15, 0.2) is 0 Å². The van der Waals surface area contributed by atoms with Crippen molar-refractivity contribution in [2.75, 3.05) is 5.32 Å². The van der Waals surface area contributed by atoms with Crippen LogP contribution in [0.2, 0.25) is 0 Å². The van der Waals surface area contributed by atoms with Gasteiger partial charge in [-0.15, -0.1) is 0 Å². The minimum atomic E-state index is -4.41. The maximum absolute atomic E-state index is 12.9. The second kappa shape index (κ2) is 6.19. The molecule has 0 aliphatic carbocycles. The Balaban J connectivity index is 2.19. The van der Waals surface area contributed by atoms with Gasteiger partial charge in [-0.05, 0) is 35.9 Å². The molecule has 0 atom stereocenters. The molecule has 0 fully saturated rings. The van der Waals surface area contributed by atoms with Crippen molar-refractivity contribution >= 4 is 21.6 Å². The van der Waals surface area contributed by atoms with Gasteiger partial charge in [-0.1, -0.05) is 28.1 Å². The Bertz CT molecular complexity index is 673. The van der Waals surface area contributed by atoms with Gasteiger partial charge in [-0.3, -0.25) is 0 Å². The second-order valence-corrected chi connectivity index (χ2v) is 5.27. The van der Waals surface area contributed by atoms with E-state index in [1.807, 2.05) is 6.07 Å². The highest BCUT2D eigenvalue weighted by molar-refractivity contribution is 9.10. The molecular formula is C15H10BrF3N2. The van der Waals surface area contributed by atoms with Crippen molar-refractivity contribution in [3.63, 3.8) is 0 Å². The maximum Gasteiger partial charge on any atom is 0.418 e. The summed E-state index contributed by atoms with van der Waals surface area (Å²) < 4.78 is 39.3. The zero-order chi connectivity index (χ0) is 15.5. The lowest BCUT2D eigenvalue weighted by molar-refractivity contribution is -0.137. The van der Waals surface area contributed by atoms with Crippen molar-refractivity contribution in [3.05, 3.63) is 63.6 Å². The van der Waals surface area contributed by atoms with Crippen LogP contribution in [0.1, 0.15) is 16.7 Å². The van der Waals surface area contributed by atoms with Crippen LogP contribution < -0.4 is 5.32 Å². The Morgan fingerprint density at radius 2 is 1.76 bits per heavy atom. The first-order chi connectivity index (χ1) is 9.90. The molecule has 0 aliphatic rings. The summed E-state index contributed by atoms with van der Waals surface area (Å²) in [6.45, 7) is 0.241. The van der Waals surface area contributed by atoms with E-state index in [0.717, 1.165) is 11.6 Å². The van der Waals surface area contributed by atoms with Crippen LogP contribution in [0.15, 0.2) is 46.9 Å². The van der Waals surface area contributed by atoms with E-state index in [9.17, 15) is 13.2 Å². The van der Waals surface area contributed by atoms with E-state index in [1.165, 1.54) is 12.1 Å². The predicted molar refractivity (Wildman–Crippen MR) is 77.6 cm³/mol. The van der Waals surface area contributed by atoms with Crippen molar-refractivity contribution in [2.45, 2.75) is 12.7 Å². The summed E-state index contributed by atoms with van der Waals surface area (Å²) in [5.41, 5.74) is 0.611. The fourth-order valence-corrected chi connectivity index (χ4v) is 2.17. The van der Waals surface area contributed by atoms with Gasteiger partial charge < -0.3 is 5.32 Å². The Morgan fingerprint density at radius 3 is 2.33 bits per heavy atom. The van der Waals surface area contributed by atoms with Gasteiger partial charge in [0.05, 0.1) is 17.2 Å². The molecule has 0 amide bonds. The summed E-state index contributed by atoms with van der Waals surface area (Å²) in [5, 5.41) is 11.5. The van der Waals surface area contributed by atoms with Crippen LogP contribution in [0, 0.1) is 11.3 Å². The molecular weight excluding hydrogens is 345 g/mol. The van der Waals surface area contributed by atoms with Gasteiger partial charge in [-0.25, -0.2) is 0 Å². The lowest BCUT2D eigenvalue weighted by Crippen LogP contribution is -2.10. The van der Waals surface area contributed by atoms with Crippen LogP contribution in [-0.2, 0) is 12.7 Å². The topological polar surface area (TPSA) is 35.8 Å². The average Bonchev–Trinajstić information content (AvgIpc) is 2.44. The van der Waals surface area contributed by atoms with Crippen molar-refractivity contribution in [1.29, 1.82) is 5.26 Å². The number of rotatable bonds is 3. The van der Waals surface area contributed by atoms with Crippen LogP contribution in [-0.4, -0.2) is 0 Å². The molecule has 2 aromatic rings. The molecule has 21 heavy (non-hydrogen) atoms. The Hall–Kier alpha value is -2.00. The molecule has 2 rings (SSSR count).